The maximum absolute atomic E-state index is 11.8. The molecule has 0 spiro atoms. The van der Waals surface area contributed by atoms with E-state index in [9.17, 15) is 4.79 Å². The average molecular weight is 442 g/mol. The fraction of sp³-hybridized carbons (Fsp3) is 0.875. The number of amides is 1. The summed E-state index contributed by atoms with van der Waals surface area (Å²) < 4.78 is 5.51. The van der Waals surface area contributed by atoms with Gasteiger partial charge in [0, 0.05) is 25.7 Å². The van der Waals surface area contributed by atoms with Crippen molar-refractivity contribution in [3.63, 3.8) is 0 Å². The van der Waals surface area contributed by atoms with Gasteiger partial charge in [0.05, 0.1) is 6.10 Å². The number of rotatable bonds is 6. The summed E-state index contributed by atoms with van der Waals surface area (Å²) in [5.74, 6) is 0.529. The number of carbonyl (C=O) groups is 1. The first-order valence-corrected chi connectivity index (χ1v) is 7.85. The second-order valence-electron chi connectivity index (χ2n) is 7.46. The summed E-state index contributed by atoms with van der Waals surface area (Å²) in [5, 5.41) is 9.26. The largest absolute Gasteiger partial charge is 0.379 e. The second kappa shape index (κ2) is 11.1. The van der Waals surface area contributed by atoms with E-state index < -0.39 is 0 Å². The Hall–Kier alpha value is -0.570. The molecule has 3 N–H and O–H groups in total. The molecule has 0 saturated heterocycles. The van der Waals surface area contributed by atoms with Gasteiger partial charge >= 0.3 is 0 Å². The van der Waals surface area contributed by atoms with E-state index in [0.29, 0.717) is 12.5 Å². The van der Waals surface area contributed by atoms with Crippen LogP contribution in [0, 0.1) is 5.41 Å². The summed E-state index contributed by atoms with van der Waals surface area (Å²) in [6, 6.07) is 0. The Bertz CT molecular complexity index is 373. The molecule has 0 radical (unpaired) electrons. The molecule has 0 rings (SSSR count). The van der Waals surface area contributed by atoms with Crippen molar-refractivity contribution in [3.8, 4) is 0 Å². The molecule has 0 aromatic carbocycles. The molecule has 0 aliphatic rings. The Labute approximate surface area is 158 Å². The lowest BCUT2D eigenvalue weighted by Crippen LogP contribution is -2.46. The predicted molar refractivity (Wildman–Crippen MR) is 108 cm³/mol. The van der Waals surface area contributed by atoms with Crippen LogP contribution >= 0.6 is 24.0 Å². The maximum Gasteiger partial charge on any atom is 0.242 e. The normalized spacial score (nSPS) is 13.8. The van der Waals surface area contributed by atoms with Crippen LogP contribution in [0.2, 0.25) is 0 Å². The van der Waals surface area contributed by atoms with Gasteiger partial charge in [-0.25, -0.2) is 4.99 Å². The number of methoxy groups -OCH3 is 1. The van der Waals surface area contributed by atoms with Crippen molar-refractivity contribution in [3.05, 3.63) is 0 Å². The van der Waals surface area contributed by atoms with Crippen LogP contribution in [-0.4, -0.2) is 50.3 Å². The summed E-state index contributed by atoms with van der Waals surface area (Å²) in [6.07, 6.45) is 0.0553. The average Bonchev–Trinajstić information content (AvgIpc) is 2.32. The number of hydrogen-bond acceptors (Lipinski definition) is 3. The first kappa shape index (κ1) is 24.7. The molecule has 1 atom stereocenters. The van der Waals surface area contributed by atoms with Crippen LogP contribution in [0.5, 0.6) is 0 Å². The Morgan fingerprint density at radius 2 is 1.70 bits per heavy atom. The topological polar surface area (TPSA) is 74.8 Å². The minimum Gasteiger partial charge on any atom is -0.379 e. The fourth-order valence-corrected chi connectivity index (χ4v) is 1.88. The summed E-state index contributed by atoms with van der Waals surface area (Å²) in [6.45, 7) is 15.7. The first-order chi connectivity index (χ1) is 9.99. The Kier molecular flexibility index (Phi) is 11.9. The smallest absolute Gasteiger partial charge is 0.242 e. The van der Waals surface area contributed by atoms with Crippen molar-refractivity contribution in [1.29, 1.82) is 0 Å². The number of ether oxygens (including phenoxy) is 1. The summed E-state index contributed by atoms with van der Waals surface area (Å²) in [5.41, 5.74) is -0.214. The zero-order valence-corrected chi connectivity index (χ0v) is 18.2. The molecule has 7 heteroatoms. The van der Waals surface area contributed by atoms with Crippen molar-refractivity contribution in [2.24, 2.45) is 10.4 Å². The highest BCUT2D eigenvalue weighted by atomic mass is 127. The molecule has 0 bridgehead atoms. The highest BCUT2D eigenvalue weighted by Crippen LogP contribution is 2.20. The zero-order chi connectivity index (χ0) is 17.4. The van der Waals surface area contributed by atoms with E-state index in [0.717, 1.165) is 6.54 Å². The van der Waals surface area contributed by atoms with Gasteiger partial charge in [-0.1, -0.05) is 20.8 Å². The molecule has 0 heterocycles. The number of hydrogen-bond donors (Lipinski definition) is 3. The predicted octanol–water partition coefficient (Wildman–Crippen LogP) is 2.14. The fourth-order valence-electron chi connectivity index (χ4n) is 1.88. The van der Waals surface area contributed by atoms with Crippen LogP contribution in [0.15, 0.2) is 4.99 Å². The third-order valence-corrected chi connectivity index (χ3v) is 2.94. The van der Waals surface area contributed by atoms with Crippen molar-refractivity contribution in [2.45, 2.75) is 60.1 Å². The van der Waals surface area contributed by atoms with E-state index in [1.807, 2.05) is 27.7 Å². The quantitative estimate of drug-likeness (QED) is 0.335. The minimum absolute atomic E-state index is 0. The van der Waals surface area contributed by atoms with E-state index in [2.05, 4.69) is 41.7 Å². The SMILES string of the molecule is CCNC(=NCC(=O)NC(C)(C)C)NCC(OC)C(C)(C)C.I. The molecule has 1 amide bonds. The number of halogens is 1. The van der Waals surface area contributed by atoms with Gasteiger partial charge in [0.1, 0.15) is 6.54 Å². The molecule has 0 aromatic rings. The molecular weight excluding hydrogens is 407 g/mol. The van der Waals surface area contributed by atoms with Gasteiger partial charge in [-0.3, -0.25) is 4.79 Å². The van der Waals surface area contributed by atoms with E-state index in [1.54, 1.807) is 7.11 Å². The molecule has 0 fully saturated rings. The third-order valence-electron chi connectivity index (χ3n) is 2.94. The van der Waals surface area contributed by atoms with Crippen LogP contribution in [-0.2, 0) is 9.53 Å². The maximum atomic E-state index is 11.8. The van der Waals surface area contributed by atoms with Gasteiger partial charge in [-0.05, 0) is 33.1 Å². The molecule has 1 unspecified atom stereocenters. The first-order valence-electron chi connectivity index (χ1n) is 7.85. The van der Waals surface area contributed by atoms with Gasteiger partial charge in [-0.15, -0.1) is 24.0 Å². The molecule has 0 saturated carbocycles. The van der Waals surface area contributed by atoms with Crippen molar-refractivity contribution < 1.29 is 9.53 Å². The van der Waals surface area contributed by atoms with Crippen LogP contribution in [0.25, 0.3) is 0 Å². The van der Waals surface area contributed by atoms with Gasteiger partial charge in [0.15, 0.2) is 5.96 Å². The standard InChI is InChI=1S/C16H34N4O2.HI/c1-9-17-14(18-10-12(22-8)15(2,3)4)19-11-13(21)20-16(5,6)7;/h12H,9-11H2,1-8H3,(H,20,21)(H2,17,18,19);1H. The monoisotopic (exact) mass is 442 g/mol. The van der Waals surface area contributed by atoms with E-state index >= 15 is 0 Å². The number of guanidine groups is 1. The van der Waals surface area contributed by atoms with E-state index in [4.69, 9.17) is 4.74 Å². The molecule has 23 heavy (non-hydrogen) atoms. The minimum atomic E-state index is -0.244. The number of nitrogens with zero attached hydrogens (tertiary/aromatic N) is 1. The van der Waals surface area contributed by atoms with Crippen LogP contribution < -0.4 is 16.0 Å². The lowest BCUT2D eigenvalue weighted by Gasteiger charge is -2.30. The summed E-state index contributed by atoms with van der Waals surface area (Å²) in [4.78, 5) is 16.1. The van der Waals surface area contributed by atoms with E-state index in [-0.39, 0.29) is 53.5 Å². The molecular formula is C16H35IN4O2. The second-order valence-corrected chi connectivity index (χ2v) is 7.46. The summed E-state index contributed by atoms with van der Waals surface area (Å²) in [7, 11) is 1.71. The number of aliphatic imine (C=N–C) groups is 1. The van der Waals surface area contributed by atoms with Crippen molar-refractivity contribution in [1.82, 2.24) is 16.0 Å². The number of nitrogens with one attached hydrogen (secondary N) is 3. The van der Waals surface area contributed by atoms with Crippen molar-refractivity contribution in [2.75, 3.05) is 26.7 Å². The Balaban J connectivity index is 0. The molecule has 0 aliphatic heterocycles. The van der Waals surface area contributed by atoms with Crippen molar-refractivity contribution >= 4 is 35.8 Å². The Morgan fingerprint density at radius 1 is 1.13 bits per heavy atom. The highest BCUT2D eigenvalue weighted by Gasteiger charge is 2.24. The third kappa shape index (κ3) is 12.5. The van der Waals surface area contributed by atoms with Gasteiger partial charge < -0.3 is 20.7 Å². The Morgan fingerprint density at radius 3 is 2.09 bits per heavy atom. The van der Waals surface area contributed by atoms with Gasteiger partial charge in [-0.2, -0.15) is 0 Å². The highest BCUT2D eigenvalue weighted by molar-refractivity contribution is 14.0. The van der Waals surface area contributed by atoms with Gasteiger partial charge in [0.25, 0.3) is 0 Å². The summed E-state index contributed by atoms with van der Waals surface area (Å²) >= 11 is 0. The molecule has 0 aromatic heterocycles. The lowest BCUT2D eigenvalue weighted by molar-refractivity contribution is -0.121. The van der Waals surface area contributed by atoms with Gasteiger partial charge in [0.2, 0.25) is 5.91 Å². The zero-order valence-electron chi connectivity index (χ0n) is 15.9. The van der Waals surface area contributed by atoms with Crippen LogP contribution in [0.3, 0.4) is 0 Å². The van der Waals surface area contributed by atoms with E-state index in [1.165, 1.54) is 0 Å². The number of carbonyl (C=O) groups excluding carboxylic acids is 1. The lowest BCUT2D eigenvalue weighted by atomic mass is 9.89. The molecule has 6 nitrogen and oxygen atoms in total. The van der Waals surface area contributed by atoms with Crippen LogP contribution in [0.1, 0.15) is 48.5 Å². The molecule has 0 aliphatic carbocycles. The molecule has 138 valence electrons. The van der Waals surface area contributed by atoms with Crippen LogP contribution in [0.4, 0.5) is 0 Å².